The van der Waals surface area contributed by atoms with Gasteiger partial charge >= 0.3 is 0 Å². The molecule has 7 heteroatoms. The summed E-state index contributed by atoms with van der Waals surface area (Å²) in [5.41, 5.74) is -0.412. The van der Waals surface area contributed by atoms with Crippen molar-refractivity contribution in [3.05, 3.63) is 68.1 Å². The van der Waals surface area contributed by atoms with Crippen LogP contribution in [0.15, 0.2) is 41.3 Å². The summed E-state index contributed by atoms with van der Waals surface area (Å²) in [6.07, 6.45) is 0.652. The van der Waals surface area contributed by atoms with Crippen LogP contribution in [0.1, 0.15) is 37.8 Å². The molecule has 25 heavy (non-hydrogen) atoms. The molecule has 0 spiro atoms. The molecule has 3 rings (SSSR count). The summed E-state index contributed by atoms with van der Waals surface area (Å²) in [5.74, 6) is -0.262. The zero-order valence-corrected chi connectivity index (χ0v) is 14.3. The monoisotopic (exact) mass is 344 g/mol. The van der Waals surface area contributed by atoms with Crippen LogP contribution in [0.5, 0.6) is 5.75 Å². The Morgan fingerprint density at radius 3 is 2.68 bits per heavy atom. The summed E-state index contributed by atoms with van der Waals surface area (Å²) < 4.78 is 7.38. The number of aliphatic hydroxyl groups is 1. The van der Waals surface area contributed by atoms with Crippen molar-refractivity contribution in [3.63, 3.8) is 0 Å². The van der Waals surface area contributed by atoms with E-state index in [9.17, 15) is 20.0 Å². The van der Waals surface area contributed by atoms with E-state index in [1.807, 2.05) is 6.92 Å². The number of non-ortho nitro benzene ring substituents is 1. The van der Waals surface area contributed by atoms with Gasteiger partial charge in [0.15, 0.2) is 0 Å². The first-order valence-electron chi connectivity index (χ1n) is 8.11. The van der Waals surface area contributed by atoms with E-state index in [1.54, 1.807) is 36.7 Å². The molecule has 1 aromatic heterocycles. The predicted octanol–water partition coefficient (Wildman–Crippen LogP) is 2.44. The van der Waals surface area contributed by atoms with E-state index in [0.717, 1.165) is 0 Å². The largest absolute Gasteiger partial charge is 0.485 e. The zero-order chi connectivity index (χ0) is 18.4. The third kappa shape index (κ3) is 2.80. The second-order valence-electron chi connectivity index (χ2n) is 6.66. The van der Waals surface area contributed by atoms with E-state index in [0.29, 0.717) is 23.4 Å². The highest BCUT2D eigenvalue weighted by atomic mass is 16.6. The van der Waals surface area contributed by atoms with Crippen LogP contribution in [-0.4, -0.2) is 26.3 Å². The van der Waals surface area contributed by atoms with E-state index in [-0.39, 0.29) is 11.2 Å². The molecular weight excluding hydrogens is 324 g/mol. The number of hydrogen-bond acceptors (Lipinski definition) is 5. The van der Waals surface area contributed by atoms with Gasteiger partial charge in [-0.25, -0.2) is 0 Å². The van der Waals surface area contributed by atoms with Gasteiger partial charge in [0.05, 0.1) is 4.92 Å². The number of rotatable bonds is 3. The van der Waals surface area contributed by atoms with Gasteiger partial charge in [0.25, 0.3) is 11.2 Å². The van der Waals surface area contributed by atoms with E-state index in [2.05, 4.69) is 0 Å². The summed E-state index contributed by atoms with van der Waals surface area (Å²) in [4.78, 5) is 23.4. The quantitative estimate of drug-likeness (QED) is 0.682. The highest BCUT2D eigenvalue weighted by Gasteiger charge is 2.45. The normalized spacial score (nSPS) is 21.3. The van der Waals surface area contributed by atoms with Crippen LogP contribution < -0.4 is 10.3 Å². The fourth-order valence-corrected chi connectivity index (χ4v) is 3.28. The summed E-state index contributed by atoms with van der Waals surface area (Å²) in [5, 5.41) is 22.0. The number of fused-ring (bicyclic) bond motifs is 1. The van der Waals surface area contributed by atoms with Crippen molar-refractivity contribution in [1.29, 1.82) is 0 Å². The van der Waals surface area contributed by atoms with Crippen LogP contribution in [0.25, 0.3) is 0 Å². The highest BCUT2D eigenvalue weighted by Crippen LogP contribution is 2.44. The molecule has 7 nitrogen and oxygen atoms in total. The number of aromatic nitrogens is 1. The average molecular weight is 344 g/mol. The lowest BCUT2D eigenvalue weighted by Crippen LogP contribution is -2.50. The Labute approximate surface area is 144 Å². The van der Waals surface area contributed by atoms with Crippen LogP contribution in [-0.2, 0) is 6.54 Å². The highest BCUT2D eigenvalue weighted by molar-refractivity contribution is 5.51. The zero-order valence-electron chi connectivity index (χ0n) is 14.3. The van der Waals surface area contributed by atoms with Crippen molar-refractivity contribution in [1.82, 2.24) is 4.57 Å². The number of aryl methyl sites for hydroxylation is 1. The molecule has 2 heterocycles. The standard InChI is InChI=1S/C18H20N2O5/c1-4-19-9-5-6-12(17(19)22)15-13-10-11(20(23)24)7-8-14(13)25-18(2,3)16(15)21/h5-10,15-16,21H,4H2,1-3H3. The Balaban J connectivity index is 2.26. The van der Waals surface area contributed by atoms with Crippen molar-refractivity contribution in [3.8, 4) is 5.75 Å². The van der Waals surface area contributed by atoms with Crippen LogP contribution in [0.2, 0.25) is 0 Å². The number of nitro groups is 1. The van der Waals surface area contributed by atoms with E-state index in [4.69, 9.17) is 4.74 Å². The van der Waals surface area contributed by atoms with Gasteiger partial charge in [0, 0.05) is 41.9 Å². The molecule has 1 aromatic carbocycles. The Morgan fingerprint density at radius 1 is 1.32 bits per heavy atom. The third-order valence-electron chi connectivity index (χ3n) is 4.67. The molecule has 0 fully saturated rings. The first-order chi connectivity index (χ1) is 11.8. The topological polar surface area (TPSA) is 94.6 Å². The summed E-state index contributed by atoms with van der Waals surface area (Å²) in [7, 11) is 0. The lowest BCUT2D eigenvalue weighted by Gasteiger charge is -2.42. The fraction of sp³-hybridized carbons (Fsp3) is 0.389. The number of benzene rings is 1. The number of nitro benzene ring substituents is 1. The smallest absolute Gasteiger partial charge is 0.269 e. The molecular formula is C18H20N2O5. The van der Waals surface area contributed by atoms with Gasteiger partial charge in [-0.05, 0) is 32.9 Å². The molecule has 0 radical (unpaired) electrons. The summed E-state index contributed by atoms with van der Waals surface area (Å²) in [6.45, 7) is 5.82. The van der Waals surface area contributed by atoms with Gasteiger partial charge in [0.1, 0.15) is 17.5 Å². The molecule has 2 atom stereocenters. The number of aliphatic hydroxyl groups excluding tert-OH is 1. The lowest BCUT2D eigenvalue weighted by atomic mass is 9.77. The molecule has 0 aliphatic carbocycles. The Morgan fingerprint density at radius 2 is 2.04 bits per heavy atom. The molecule has 0 saturated carbocycles. The minimum atomic E-state index is -1.03. The van der Waals surface area contributed by atoms with Crippen molar-refractivity contribution < 1.29 is 14.8 Å². The lowest BCUT2D eigenvalue weighted by molar-refractivity contribution is -0.385. The van der Waals surface area contributed by atoms with Gasteiger partial charge in [-0.1, -0.05) is 6.07 Å². The van der Waals surface area contributed by atoms with E-state index >= 15 is 0 Å². The van der Waals surface area contributed by atoms with Gasteiger partial charge in [-0.3, -0.25) is 14.9 Å². The first-order valence-corrected chi connectivity index (χ1v) is 8.11. The number of pyridine rings is 1. The molecule has 132 valence electrons. The van der Waals surface area contributed by atoms with Crippen molar-refractivity contribution >= 4 is 5.69 Å². The minimum absolute atomic E-state index is 0.106. The minimum Gasteiger partial charge on any atom is -0.485 e. The maximum absolute atomic E-state index is 12.8. The van der Waals surface area contributed by atoms with E-state index in [1.165, 1.54) is 18.2 Å². The SMILES string of the molecule is CCn1cccc(C2c3cc([N+](=O)[O-])ccc3OC(C)(C)C2O)c1=O. The van der Waals surface area contributed by atoms with Gasteiger partial charge in [0.2, 0.25) is 0 Å². The molecule has 1 N–H and O–H groups in total. The average Bonchev–Trinajstić information content (AvgIpc) is 2.56. The molecule has 0 amide bonds. The summed E-state index contributed by atoms with van der Waals surface area (Å²) in [6, 6.07) is 7.66. The van der Waals surface area contributed by atoms with Crippen molar-refractivity contribution in [2.45, 2.75) is 44.9 Å². The fourth-order valence-electron chi connectivity index (χ4n) is 3.28. The Bertz CT molecular complexity index is 887. The number of nitrogens with zero attached hydrogens (tertiary/aromatic N) is 2. The second kappa shape index (κ2) is 6.00. The van der Waals surface area contributed by atoms with Crippen molar-refractivity contribution in [2.75, 3.05) is 0 Å². The number of ether oxygens (including phenoxy) is 1. The predicted molar refractivity (Wildman–Crippen MR) is 92.0 cm³/mol. The first kappa shape index (κ1) is 17.2. The Hall–Kier alpha value is -2.67. The van der Waals surface area contributed by atoms with Gasteiger partial charge in [-0.2, -0.15) is 0 Å². The van der Waals surface area contributed by atoms with Gasteiger partial charge in [-0.15, -0.1) is 0 Å². The second-order valence-corrected chi connectivity index (χ2v) is 6.66. The maximum Gasteiger partial charge on any atom is 0.269 e. The molecule has 0 bridgehead atoms. The van der Waals surface area contributed by atoms with Crippen LogP contribution in [0.3, 0.4) is 0 Å². The van der Waals surface area contributed by atoms with Gasteiger partial charge < -0.3 is 14.4 Å². The molecule has 1 aliphatic heterocycles. The van der Waals surface area contributed by atoms with Crippen molar-refractivity contribution in [2.24, 2.45) is 0 Å². The number of hydrogen-bond donors (Lipinski definition) is 1. The Kier molecular flexibility index (Phi) is 4.12. The third-order valence-corrected chi connectivity index (χ3v) is 4.67. The molecule has 2 aromatic rings. The summed E-state index contributed by atoms with van der Waals surface area (Å²) >= 11 is 0. The molecule has 2 unspecified atom stereocenters. The molecule has 0 saturated heterocycles. The van der Waals surface area contributed by atoms with Crippen LogP contribution >= 0.6 is 0 Å². The van der Waals surface area contributed by atoms with E-state index < -0.39 is 22.5 Å². The van der Waals surface area contributed by atoms with Crippen LogP contribution in [0, 0.1) is 10.1 Å². The molecule has 1 aliphatic rings. The maximum atomic E-state index is 12.8. The van der Waals surface area contributed by atoms with Crippen LogP contribution in [0.4, 0.5) is 5.69 Å².